The molecule has 1 N–H and O–H groups in total. The maximum atomic E-state index is 12.8. The number of benzene rings is 2. The van der Waals surface area contributed by atoms with Crippen LogP contribution in [-0.2, 0) is 6.18 Å². The molecule has 0 amide bonds. The van der Waals surface area contributed by atoms with Gasteiger partial charge in [0.05, 0.1) is 22.5 Å². The number of hydrogen-bond acceptors (Lipinski definition) is 3. The molecule has 3 nitrogen and oxygen atoms in total. The first-order chi connectivity index (χ1) is 11.8. The van der Waals surface area contributed by atoms with E-state index < -0.39 is 11.7 Å². The minimum atomic E-state index is -4.38. The van der Waals surface area contributed by atoms with Gasteiger partial charge in [-0.2, -0.15) is 18.3 Å². The summed E-state index contributed by atoms with van der Waals surface area (Å²) < 4.78 is 38.4. The van der Waals surface area contributed by atoms with Crippen molar-refractivity contribution in [2.24, 2.45) is 5.10 Å². The fourth-order valence-electron chi connectivity index (χ4n) is 2.35. The summed E-state index contributed by atoms with van der Waals surface area (Å²) in [5, 5.41) is 5.58. The molecule has 0 saturated heterocycles. The third-order valence-electron chi connectivity index (χ3n) is 3.66. The van der Waals surface area contributed by atoms with Gasteiger partial charge >= 0.3 is 6.18 Å². The van der Waals surface area contributed by atoms with Crippen molar-refractivity contribution in [2.45, 2.75) is 13.1 Å². The van der Waals surface area contributed by atoms with Crippen LogP contribution >= 0.6 is 11.6 Å². The number of anilines is 1. The number of hydrogen-bond donors (Lipinski definition) is 1. The monoisotopic (exact) mass is 363 g/mol. The molecule has 1 heterocycles. The van der Waals surface area contributed by atoms with Gasteiger partial charge in [0.1, 0.15) is 0 Å². The molecule has 0 fully saturated rings. The molecule has 3 rings (SSSR count). The molecule has 1 aromatic heterocycles. The van der Waals surface area contributed by atoms with Crippen LogP contribution in [0.15, 0.2) is 59.8 Å². The highest BCUT2D eigenvalue weighted by atomic mass is 35.5. The summed E-state index contributed by atoms with van der Waals surface area (Å²) in [7, 11) is 0. The second-order valence-corrected chi connectivity index (χ2v) is 5.84. The van der Waals surface area contributed by atoms with Crippen LogP contribution in [0.25, 0.3) is 10.9 Å². The normalized spacial score (nSPS) is 12.4. The Morgan fingerprint density at radius 2 is 1.92 bits per heavy atom. The first kappa shape index (κ1) is 17.2. The van der Waals surface area contributed by atoms with E-state index in [-0.39, 0.29) is 0 Å². The number of alkyl halides is 3. The van der Waals surface area contributed by atoms with Gasteiger partial charge in [0.2, 0.25) is 0 Å². The molecule has 0 radical (unpaired) electrons. The Bertz CT molecular complexity index is 952. The van der Waals surface area contributed by atoms with E-state index in [1.54, 1.807) is 37.4 Å². The second-order valence-electron chi connectivity index (χ2n) is 5.41. The number of aromatic nitrogens is 1. The quantitative estimate of drug-likeness (QED) is 0.475. The van der Waals surface area contributed by atoms with Gasteiger partial charge in [0.25, 0.3) is 0 Å². The third-order valence-corrected chi connectivity index (χ3v) is 3.89. The van der Waals surface area contributed by atoms with Crippen LogP contribution in [0.3, 0.4) is 0 Å². The van der Waals surface area contributed by atoms with Crippen LogP contribution in [0.5, 0.6) is 0 Å². The average Bonchev–Trinajstić information content (AvgIpc) is 2.58. The smallest absolute Gasteiger partial charge is 0.277 e. The molecule has 0 aliphatic carbocycles. The van der Waals surface area contributed by atoms with Crippen molar-refractivity contribution in [3.8, 4) is 0 Å². The van der Waals surface area contributed by atoms with Crippen LogP contribution in [0.4, 0.5) is 18.9 Å². The van der Waals surface area contributed by atoms with E-state index in [0.29, 0.717) is 27.5 Å². The molecule has 128 valence electrons. The molecule has 7 heteroatoms. The number of nitrogens with zero attached hydrogens (tertiary/aromatic N) is 2. The number of fused-ring (bicyclic) bond motifs is 1. The van der Waals surface area contributed by atoms with Gasteiger partial charge in [-0.15, -0.1) is 0 Å². The Balaban J connectivity index is 1.90. The van der Waals surface area contributed by atoms with Crippen molar-refractivity contribution in [3.05, 3.63) is 70.9 Å². The van der Waals surface area contributed by atoms with Gasteiger partial charge in [-0.05, 0) is 48.9 Å². The fraction of sp³-hybridized carbons (Fsp3) is 0.111. The Morgan fingerprint density at radius 1 is 1.12 bits per heavy atom. The highest BCUT2D eigenvalue weighted by Gasteiger charge is 2.30. The molecule has 0 spiro atoms. The summed E-state index contributed by atoms with van der Waals surface area (Å²) in [5.74, 6) is 0. The molecule has 3 aromatic rings. The predicted molar refractivity (Wildman–Crippen MR) is 94.0 cm³/mol. The van der Waals surface area contributed by atoms with Crippen molar-refractivity contribution in [1.82, 2.24) is 4.98 Å². The Kier molecular flexibility index (Phi) is 4.63. The molecular formula is C18H13ClF3N3. The summed E-state index contributed by atoms with van der Waals surface area (Å²) >= 11 is 5.95. The molecular weight excluding hydrogens is 351 g/mol. The maximum absolute atomic E-state index is 12.8. The number of pyridine rings is 1. The first-order valence-corrected chi connectivity index (χ1v) is 7.74. The second kappa shape index (κ2) is 6.72. The van der Waals surface area contributed by atoms with Crippen molar-refractivity contribution in [2.75, 3.05) is 5.43 Å². The topological polar surface area (TPSA) is 37.3 Å². The third kappa shape index (κ3) is 3.91. The van der Waals surface area contributed by atoms with E-state index in [0.717, 1.165) is 17.5 Å². The van der Waals surface area contributed by atoms with Crippen molar-refractivity contribution in [3.63, 3.8) is 0 Å². The van der Waals surface area contributed by atoms with Gasteiger partial charge in [0.15, 0.2) is 0 Å². The maximum Gasteiger partial charge on any atom is 0.416 e. The Hall–Kier alpha value is -2.60. The zero-order valence-electron chi connectivity index (χ0n) is 13.1. The van der Waals surface area contributed by atoms with Crippen LogP contribution in [0.2, 0.25) is 5.02 Å². The summed E-state index contributed by atoms with van der Waals surface area (Å²) in [6, 6.07) is 12.1. The van der Waals surface area contributed by atoms with Crippen LogP contribution in [0, 0.1) is 0 Å². The lowest BCUT2D eigenvalue weighted by Crippen LogP contribution is -2.07. The van der Waals surface area contributed by atoms with E-state index in [1.807, 2.05) is 6.07 Å². The fourth-order valence-corrected chi connectivity index (χ4v) is 2.51. The van der Waals surface area contributed by atoms with Crippen LogP contribution < -0.4 is 5.43 Å². The van der Waals surface area contributed by atoms with Crippen molar-refractivity contribution in [1.29, 1.82) is 0 Å². The standard InChI is InChI=1S/C18H13ClF3N3/c1-11(12-3-2-4-13(9-12)18(20,21)22)24-25-16-7-8-23-17-10-14(19)5-6-15(16)17/h2-10H,1H3,(H,23,25)/b24-11+. The van der Waals surface area contributed by atoms with Crippen LogP contribution in [-0.4, -0.2) is 10.7 Å². The molecule has 0 unspecified atom stereocenters. The molecule has 0 atom stereocenters. The molecule has 0 aliphatic rings. The average molecular weight is 364 g/mol. The van der Waals surface area contributed by atoms with Gasteiger partial charge < -0.3 is 0 Å². The molecule has 0 saturated carbocycles. The highest BCUT2D eigenvalue weighted by Crippen LogP contribution is 2.30. The largest absolute Gasteiger partial charge is 0.416 e. The molecule has 25 heavy (non-hydrogen) atoms. The zero-order valence-corrected chi connectivity index (χ0v) is 13.9. The summed E-state index contributed by atoms with van der Waals surface area (Å²) in [4.78, 5) is 4.23. The van der Waals surface area contributed by atoms with E-state index in [1.165, 1.54) is 6.07 Å². The minimum absolute atomic E-state index is 0.392. The number of halogens is 4. The summed E-state index contributed by atoms with van der Waals surface area (Å²) in [6.45, 7) is 1.64. The van der Waals surface area contributed by atoms with Gasteiger partial charge in [-0.1, -0.05) is 23.7 Å². The number of hydrazone groups is 1. The summed E-state index contributed by atoms with van der Waals surface area (Å²) in [5.41, 5.74) is 4.40. The Labute approximate surface area is 147 Å². The Morgan fingerprint density at radius 3 is 2.68 bits per heavy atom. The predicted octanol–water partition coefficient (Wildman–Crippen LogP) is 5.74. The van der Waals surface area contributed by atoms with Gasteiger partial charge in [-0.25, -0.2) is 0 Å². The lowest BCUT2D eigenvalue weighted by Gasteiger charge is -2.09. The molecule has 0 aliphatic heterocycles. The van der Waals surface area contributed by atoms with Crippen molar-refractivity contribution >= 4 is 33.9 Å². The van der Waals surface area contributed by atoms with Crippen LogP contribution in [0.1, 0.15) is 18.1 Å². The van der Waals surface area contributed by atoms with E-state index >= 15 is 0 Å². The summed E-state index contributed by atoms with van der Waals surface area (Å²) in [6.07, 6.45) is -2.78. The zero-order chi connectivity index (χ0) is 18.0. The number of nitrogens with one attached hydrogen (secondary N) is 1. The van der Waals surface area contributed by atoms with Gasteiger partial charge in [-0.3, -0.25) is 10.4 Å². The lowest BCUT2D eigenvalue weighted by atomic mass is 10.1. The first-order valence-electron chi connectivity index (χ1n) is 7.37. The SMILES string of the molecule is C/C(=N\Nc1ccnc2cc(Cl)ccc12)c1cccc(C(F)(F)F)c1. The van der Waals surface area contributed by atoms with Gasteiger partial charge in [0, 0.05) is 16.6 Å². The van der Waals surface area contributed by atoms with E-state index in [2.05, 4.69) is 15.5 Å². The van der Waals surface area contributed by atoms with E-state index in [4.69, 9.17) is 11.6 Å². The molecule has 2 aromatic carbocycles. The lowest BCUT2D eigenvalue weighted by molar-refractivity contribution is -0.137. The number of rotatable bonds is 3. The van der Waals surface area contributed by atoms with E-state index in [9.17, 15) is 13.2 Å². The molecule has 0 bridgehead atoms. The van der Waals surface area contributed by atoms with Crippen molar-refractivity contribution < 1.29 is 13.2 Å². The minimum Gasteiger partial charge on any atom is -0.277 e. The highest BCUT2D eigenvalue weighted by molar-refractivity contribution is 6.31.